The topological polar surface area (TPSA) is 53.7 Å². The van der Waals surface area contributed by atoms with Gasteiger partial charge in [0.1, 0.15) is 0 Å². The third-order valence-electron chi connectivity index (χ3n) is 3.37. The molecule has 0 aliphatic carbocycles. The summed E-state index contributed by atoms with van der Waals surface area (Å²) in [6.07, 6.45) is 1.82. The molecule has 1 aliphatic heterocycles. The number of anilines is 1. The Labute approximate surface area is 118 Å². The molecule has 2 aromatic rings. The third-order valence-corrected chi connectivity index (χ3v) is 3.37. The van der Waals surface area contributed by atoms with Crippen LogP contribution in [0.4, 0.5) is 5.69 Å². The molecule has 1 heterocycles. The van der Waals surface area contributed by atoms with E-state index < -0.39 is 0 Å². The number of hydrogen-bond acceptors (Lipinski definition) is 4. The number of hydrogen-bond donors (Lipinski definition) is 1. The lowest BCUT2D eigenvalue weighted by atomic mass is 10.0. The molecule has 0 saturated carbocycles. The Kier molecular flexibility index (Phi) is 3.37. The van der Waals surface area contributed by atoms with E-state index in [-0.39, 0.29) is 6.79 Å². The van der Waals surface area contributed by atoms with Crippen LogP contribution in [-0.4, -0.2) is 13.9 Å². The van der Waals surface area contributed by atoms with E-state index in [9.17, 15) is 0 Å². The van der Waals surface area contributed by atoms with E-state index in [0.717, 1.165) is 35.6 Å². The molecule has 0 amide bonds. The summed E-state index contributed by atoms with van der Waals surface area (Å²) >= 11 is 0. The van der Waals surface area contributed by atoms with Crippen LogP contribution in [0.3, 0.4) is 0 Å². The number of nitrogens with two attached hydrogens (primary N) is 1. The highest BCUT2D eigenvalue weighted by Gasteiger charge is 2.19. The van der Waals surface area contributed by atoms with Crippen molar-refractivity contribution in [1.82, 2.24) is 0 Å². The van der Waals surface area contributed by atoms with Gasteiger partial charge >= 0.3 is 0 Å². The fraction of sp³-hybridized carbons (Fsp3) is 0.250. The SMILES string of the molecule is COc1cc(CCc2cccc(N)c2)cc2c1OCO2. The maximum atomic E-state index is 5.79. The highest BCUT2D eigenvalue weighted by molar-refractivity contribution is 5.55. The average molecular weight is 271 g/mol. The van der Waals surface area contributed by atoms with Gasteiger partial charge in [-0.05, 0) is 48.2 Å². The van der Waals surface area contributed by atoms with Crippen molar-refractivity contribution >= 4 is 5.69 Å². The lowest BCUT2D eigenvalue weighted by molar-refractivity contribution is 0.171. The van der Waals surface area contributed by atoms with Gasteiger partial charge in [0, 0.05) is 5.69 Å². The summed E-state index contributed by atoms with van der Waals surface area (Å²) in [5.41, 5.74) is 8.97. The van der Waals surface area contributed by atoms with E-state index in [1.165, 1.54) is 5.56 Å². The van der Waals surface area contributed by atoms with Gasteiger partial charge < -0.3 is 19.9 Å². The van der Waals surface area contributed by atoms with E-state index in [1.54, 1.807) is 7.11 Å². The lowest BCUT2D eigenvalue weighted by Gasteiger charge is -2.08. The minimum absolute atomic E-state index is 0.254. The Bertz CT molecular complexity index is 625. The Balaban J connectivity index is 1.78. The van der Waals surface area contributed by atoms with Crippen LogP contribution in [-0.2, 0) is 12.8 Å². The molecule has 104 valence electrons. The van der Waals surface area contributed by atoms with Gasteiger partial charge in [0.25, 0.3) is 0 Å². The van der Waals surface area contributed by atoms with E-state index >= 15 is 0 Å². The Morgan fingerprint density at radius 2 is 1.95 bits per heavy atom. The molecule has 0 aromatic heterocycles. The predicted octanol–water partition coefficient (Wildman–Crippen LogP) is 2.79. The van der Waals surface area contributed by atoms with Crippen molar-refractivity contribution < 1.29 is 14.2 Å². The molecule has 3 rings (SSSR count). The minimum Gasteiger partial charge on any atom is -0.493 e. The Hall–Kier alpha value is -2.36. The highest BCUT2D eigenvalue weighted by atomic mass is 16.7. The minimum atomic E-state index is 0.254. The largest absolute Gasteiger partial charge is 0.493 e. The molecule has 0 fully saturated rings. The van der Waals surface area contributed by atoms with Crippen LogP contribution in [0, 0.1) is 0 Å². The summed E-state index contributed by atoms with van der Waals surface area (Å²) in [7, 11) is 1.64. The lowest BCUT2D eigenvalue weighted by Crippen LogP contribution is -1.95. The summed E-state index contributed by atoms with van der Waals surface area (Å²) in [4.78, 5) is 0. The van der Waals surface area contributed by atoms with Gasteiger partial charge in [0.15, 0.2) is 11.5 Å². The van der Waals surface area contributed by atoms with E-state index in [1.807, 2.05) is 30.3 Å². The third kappa shape index (κ3) is 2.50. The molecule has 4 heteroatoms. The van der Waals surface area contributed by atoms with E-state index in [4.69, 9.17) is 19.9 Å². The molecule has 0 radical (unpaired) electrons. The number of fused-ring (bicyclic) bond motifs is 1. The summed E-state index contributed by atoms with van der Waals surface area (Å²) in [5, 5.41) is 0. The van der Waals surface area contributed by atoms with Crippen molar-refractivity contribution in [2.75, 3.05) is 19.6 Å². The summed E-state index contributed by atoms with van der Waals surface area (Å²) in [6, 6.07) is 12.0. The second-order valence-corrected chi connectivity index (χ2v) is 4.78. The first kappa shape index (κ1) is 12.7. The van der Waals surface area contributed by atoms with Gasteiger partial charge in [-0.2, -0.15) is 0 Å². The van der Waals surface area contributed by atoms with Crippen molar-refractivity contribution in [1.29, 1.82) is 0 Å². The molecule has 0 spiro atoms. The van der Waals surface area contributed by atoms with Gasteiger partial charge in [-0.3, -0.25) is 0 Å². The Morgan fingerprint density at radius 3 is 2.75 bits per heavy atom. The Morgan fingerprint density at radius 1 is 1.10 bits per heavy atom. The van der Waals surface area contributed by atoms with Crippen molar-refractivity contribution in [2.45, 2.75) is 12.8 Å². The van der Waals surface area contributed by atoms with Crippen molar-refractivity contribution in [3.05, 3.63) is 47.5 Å². The number of methoxy groups -OCH3 is 1. The van der Waals surface area contributed by atoms with Crippen molar-refractivity contribution in [3.8, 4) is 17.2 Å². The molecular formula is C16H17NO3. The maximum Gasteiger partial charge on any atom is 0.231 e. The monoisotopic (exact) mass is 271 g/mol. The summed E-state index contributed by atoms with van der Waals surface area (Å²) in [6.45, 7) is 0.254. The van der Waals surface area contributed by atoms with Crippen LogP contribution in [0.5, 0.6) is 17.2 Å². The van der Waals surface area contributed by atoms with Crippen LogP contribution in [0.1, 0.15) is 11.1 Å². The predicted molar refractivity (Wildman–Crippen MR) is 77.4 cm³/mol. The molecule has 0 bridgehead atoms. The van der Waals surface area contributed by atoms with Gasteiger partial charge in [-0.15, -0.1) is 0 Å². The zero-order valence-electron chi connectivity index (χ0n) is 11.4. The second-order valence-electron chi connectivity index (χ2n) is 4.78. The summed E-state index contributed by atoms with van der Waals surface area (Å²) < 4.78 is 16.2. The second kappa shape index (κ2) is 5.33. The van der Waals surface area contributed by atoms with Gasteiger partial charge in [-0.25, -0.2) is 0 Å². The summed E-state index contributed by atoms with van der Waals surface area (Å²) in [5.74, 6) is 2.18. The maximum absolute atomic E-state index is 5.79. The first-order valence-electron chi connectivity index (χ1n) is 6.57. The van der Waals surface area contributed by atoms with Crippen LogP contribution in [0.15, 0.2) is 36.4 Å². The number of aryl methyl sites for hydroxylation is 2. The van der Waals surface area contributed by atoms with E-state index in [0.29, 0.717) is 5.75 Å². The molecule has 0 unspecified atom stereocenters. The molecule has 2 N–H and O–H groups in total. The standard InChI is InChI=1S/C16H17NO3/c1-18-14-8-12(9-15-16(14)20-10-19-15)6-5-11-3-2-4-13(17)7-11/h2-4,7-9H,5-6,10,17H2,1H3. The van der Waals surface area contributed by atoms with Crippen LogP contribution in [0.2, 0.25) is 0 Å². The molecule has 1 aliphatic rings. The first-order valence-corrected chi connectivity index (χ1v) is 6.57. The average Bonchev–Trinajstić information content (AvgIpc) is 2.92. The van der Waals surface area contributed by atoms with Gasteiger partial charge in [0.05, 0.1) is 7.11 Å². The number of benzene rings is 2. The van der Waals surface area contributed by atoms with Crippen LogP contribution in [0.25, 0.3) is 0 Å². The zero-order valence-corrected chi connectivity index (χ0v) is 11.4. The fourth-order valence-electron chi connectivity index (χ4n) is 2.37. The zero-order chi connectivity index (χ0) is 13.9. The first-order chi connectivity index (χ1) is 9.76. The fourth-order valence-corrected chi connectivity index (χ4v) is 2.37. The smallest absolute Gasteiger partial charge is 0.231 e. The number of nitrogen functional groups attached to an aromatic ring is 1. The normalized spacial score (nSPS) is 12.4. The molecule has 4 nitrogen and oxygen atoms in total. The quantitative estimate of drug-likeness (QED) is 0.869. The molecule has 20 heavy (non-hydrogen) atoms. The van der Waals surface area contributed by atoms with E-state index in [2.05, 4.69) is 6.07 Å². The van der Waals surface area contributed by atoms with Crippen LogP contribution >= 0.6 is 0 Å². The molecule has 2 aromatic carbocycles. The number of rotatable bonds is 4. The molecule has 0 atom stereocenters. The van der Waals surface area contributed by atoms with Crippen LogP contribution < -0.4 is 19.9 Å². The molecular weight excluding hydrogens is 254 g/mol. The highest BCUT2D eigenvalue weighted by Crippen LogP contribution is 2.41. The van der Waals surface area contributed by atoms with Gasteiger partial charge in [0.2, 0.25) is 12.5 Å². The van der Waals surface area contributed by atoms with Crippen molar-refractivity contribution in [2.24, 2.45) is 0 Å². The van der Waals surface area contributed by atoms with Gasteiger partial charge in [-0.1, -0.05) is 12.1 Å². The molecule has 0 saturated heterocycles. The number of ether oxygens (including phenoxy) is 3. The van der Waals surface area contributed by atoms with Crippen molar-refractivity contribution in [3.63, 3.8) is 0 Å².